The standard InChI is InChI=1S/C24H26N2O5/c1-4-16(2)17-10-12-18(13-11-17)20(27)15-31-21(28)14-26-22(29)24(3,25-23(26)30)19-8-6-5-7-9-19/h5-13,16H,4,14-15H2,1-3H3,(H,25,30)/t16-,24-/m0/s1. The van der Waals surface area contributed by atoms with Gasteiger partial charge in [-0.25, -0.2) is 4.79 Å². The molecule has 7 heteroatoms. The van der Waals surface area contributed by atoms with E-state index < -0.39 is 36.6 Å². The van der Waals surface area contributed by atoms with Crippen LogP contribution in [0.2, 0.25) is 0 Å². The number of amides is 3. The van der Waals surface area contributed by atoms with Gasteiger partial charge in [0.25, 0.3) is 5.91 Å². The number of hydrogen-bond donors (Lipinski definition) is 1. The molecule has 1 aliphatic heterocycles. The van der Waals surface area contributed by atoms with Gasteiger partial charge in [-0.2, -0.15) is 0 Å². The number of rotatable bonds is 8. The first-order valence-corrected chi connectivity index (χ1v) is 10.2. The molecule has 2 aromatic carbocycles. The summed E-state index contributed by atoms with van der Waals surface area (Å²) in [6, 6.07) is 15.3. The number of urea groups is 1. The van der Waals surface area contributed by atoms with Crippen molar-refractivity contribution in [3.05, 3.63) is 71.3 Å². The SMILES string of the molecule is CC[C@H](C)c1ccc(C(=O)COC(=O)CN2C(=O)N[C@@](C)(c3ccccc3)C2=O)cc1. The maximum absolute atomic E-state index is 12.8. The van der Waals surface area contributed by atoms with Gasteiger partial charge in [0.05, 0.1) is 0 Å². The number of ether oxygens (including phenoxy) is 1. The molecule has 0 aromatic heterocycles. The van der Waals surface area contributed by atoms with Crippen LogP contribution in [0.3, 0.4) is 0 Å². The summed E-state index contributed by atoms with van der Waals surface area (Å²) in [5.41, 5.74) is 0.925. The zero-order valence-electron chi connectivity index (χ0n) is 17.9. The van der Waals surface area contributed by atoms with E-state index in [1.165, 1.54) is 0 Å². The van der Waals surface area contributed by atoms with Gasteiger partial charge in [-0.15, -0.1) is 0 Å². The van der Waals surface area contributed by atoms with Gasteiger partial charge in [0, 0.05) is 5.56 Å². The van der Waals surface area contributed by atoms with Crippen molar-refractivity contribution in [2.45, 2.75) is 38.6 Å². The molecular weight excluding hydrogens is 396 g/mol. The summed E-state index contributed by atoms with van der Waals surface area (Å²) < 4.78 is 5.03. The maximum atomic E-state index is 12.8. The lowest BCUT2D eigenvalue weighted by molar-refractivity contribution is -0.146. The zero-order valence-corrected chi connectivity index (χ0v) is 17.9. The molecule has 0 saturated carbocycles. The van der Waals surface area contributed by atoms with Crippen LogP contribution >= 0.6 is 0 Å². The number of nitrogens with one attached hydrogen (secondary N) is 1. The Labute approximate surface area is 181 Å². The van der Waals surface area contributed by atoms with Crippen LogP contribution in [0.25, 0.3) is 0 Å². The number of carbonyl (C=O) groups excluding carboxylic acids is 4. The Balaban J connectivity index is 1.58. The van der Waals surface area contributed by atoms with Crippen molar-refractivity contribution in [2.24, 2.45) is 0 Å². The number of hydrogen-bond acceptors (Lipinski definition) is 5. The van der Waals surface area contributed by atoms with E-state index in [0.29, 0.717) is 17.0 Å². The molecule has 1 aliphatic rings. The number of imide groups is 1. The molecule has 162 valence electrons. The monoisotopic (exact) mass is 422 g/mol. The lowest BCUT2D eigenvalue weighted by atomic mass is 9.92. The molecule has 1 fully saturated rings. The van der Waals surface area contributed by atoms with E-state index >= 15 is 0 Å². The van der Waals surface area contributed by atoms with Crippen molar-refractivity contribution >= 4 is 23.7 Å². The molecule has 2 atom stereocenters. The molecule has 0 bridgehead atoms. The third-order valence-electron chi connectivity index (χ3n) is 5.69. The van der Waals surface area contributed by atoms with E-state index in [-0.39, 0.29) is 5.78 Å². The summed E-state index contributed by atoms with van der Waals surface area (Å²) >= 11 is 0. The third kappa shape index (κ3) is 4.66. The Hall–Kier alpha value is -3.48. The highest BCUT2D eigenvalue weighted by Gasteiger charge is 2.49. The molecular formula is C24H26N2O5. The van der Waals surface area contributed by atoms with Crippen LogP contribution in [0.5, 0.6) is 0 Å². The minimum atomic E-state index is -1.26. The second-order valence-electron chi connectivity index (χ2n) is 7.83. The molecule has 0 unspecified atom stereocenters. The molecule has 1 heterocycles. The van der Waals surface area contributed by atoms with Crippen LogP contribution < -0.4 is 5.32 Å². The molecule has 0 spiro atoms. The molecule has 3 amide bonds. The maximum Gasteiger partial charge on any atom is 0.326 e. The Morgan fingerprint density at radius 1 is 1.06 bits per heavy atom. The quantitative estimate of drug-likeness (QED) is 0.400. The van der Waals surface area contributed by atoms with Gasteiger partial charge in [0.15, 0.2) is 12.4 Å². The fraction of sp³-hybridized carbons (Fsp3) is 0.333. The summed E-state index contributed by atoms with van der Waals surface area (Å²) in [6.07, 6.45) is 0.997. The van der Waals surface area contributed by atoms with E-state index in [1.54, 1.807) is 49.4 Å². The topological polar surface area (TPSA) is 92.8 Å². The zero-order chi connectivity index (χ0) is 22.6. The van der Waals surface area contributed by atoms with Crippen molar-refractivity contribution in [1.29, 1.82) is 0 Å². The molecule has 0 radical (unpaired) electrons. The van der Waals surface area contributed by atoms with Crippen LogP contribution in [0.1, 0.15) is 54.6 Å². The average Bonchev–Trinajstić information content (AvgIpc) is 3.01. The van der Waals surface area contributed by atoms with E-state index in [0.717, 1.165) is 16.9 Å². The van der Waals surface area contributed by atoms with Gasteiger partial charge >= 0.3 is 12.0 Å². The van der Waals surface area contributed by atoms with Crippen molar-refractivity contribution in [3.63, 3.8) is 0 Å². The van der Waals surface area contributed by atoms with Gasteiger partial charge in [-0.3, -0.25) is 19.3 Å². The van der Waals surface area contributed by atoms with Gasteiger partial charge in [-0.05, 0) is 30.4 Å². The van der Waals surface area contributed by atoms with Gasteiger partial charge < -0.3 is 10.1 Å². The van der Waals surface area contributed by atoms with Crippen LogP contribution in [0, 0.1) is 0 Å². The Bertz CT molecular complexity index is 987. The number of ketones is 1. The predicted octanol–water partition coefficient (Wildman–Crippen LogP) is 3.39. The van der Waals surface area contributed by atoms with E-state index in [4.69, 9.17) is 4.74 Å². The Kier molecular flexibility index (Phi) is 6.53. The summed E-state index contributed by atoms with van der Waals surface area (Å²) in [5, 5.41) is 2.62. The second-order valence-corrected chi connectivity index (χ2v) is 7.83. The second kappa shape index (κ2) is 9.12. The lowest BCUT2D eigenvalue weighted by Crippen LogP contribution is -2.41. The highest BCUT2D eigenvalue weighted by atomic mass is 16.5. The minimum absolute atomic E-state index is 0.352. The van der Waals surface area contributed by atoms with Crippen molar-refractivity contribution in [3.8, 4) is 0 Å². The minimum Gasteiger partial charge on any atom is -0.456 e. The van der Waals surface area contributed by atoms with Crippen molar-refractivity contribution in [2.75, 3.05) is 13.2 Å². The largest absolute Gasteiger partial charge is 0.456 e. The molecule has 7 nitrogen and oxygen atoms in total. The Morgan fingerprint density at radius 2 is 1.71 bits per heavy atom. The highest BCUT2D eigenvalue weighted by molar-refractivity contribution is 6.09. The van der Waals surface area contributed by atoms with Crippen molar-refractivity contribution < 1.29 is 23.9 Å². The number of Topliss-reactive ketones (excluding diaryl/α,β-unsaturated/α-hetero) is 1. The molecule has 0 aliphatic carbocycles. The van der Waals surface area contributed by atoms with Crippen LogP contribution in [0.4, 0.5) is 4.79 Å². The molecule has 3 rings (SSSR count). The Morgan fingerprint density at radius 3 is 2.32 bits per heavy atom. The summed E-state index contributed by atoms with van der Waals surface area (Å²) in [5.74, 6) is -1.33. The average molecular weight is 422 g/mol. The van der Waals surface area contributed by atoms with E-state index in [1.807, 2.05) is 12.1 Å². The highest BCUT2D eigenvalue weighted by Crippen LogP contribution is 2.28. The summed E-state index contributed by atoms with van der Waals surface area (Å²) in [7, 11) is 0. The summed E-state index contributed by atoms with van der Waals surface area (Å²) in [4.78, 5) is 50.4. The van der Waals surface area contributed by atoms with E-state index in [9.17, 15) is 19.2 Å². The third-order valence-corrected chi connectivity index (χ3v) is 5.69. The van der Waals surface area contributed by atoms with Gasteiger partial charge in [0.1, 0.15) is 12.1 Å². The van der Waals surface area contributed by atoms with Crippen LogP contribution in [-0.2, 0) is 19.9 Å². The summed E-state index contributed by atoms with van der Waals surface area (Å²) in [6.45, 7) is 4.77. The van der Waals surface area contributed by atoms with Crippen molar-refractivity contribution in [1.82, 2.24) is 10.2 Å². The number of nitrogens with zero attached hydrogens (tertiary/aromatic N) is 1. The fourth-order valence-corrected chi connectivity index (χ4v) is 3.45. The smallest absolute Gasteiger partial charge is 0.326 e. The van der Waals surface area contributed by atoms with Crippen LogP contribution in [-0.4, -0.2) is 41.7 Å². The van der Waals surface area contributed by atoms with Crippen LogP contribution in [0.15, 0.2) is 54.6 Å². The molecule has 31 heavy (non-hydrogen) atoms. The first-order chi connectivity index (χ1) is 14.8. The molecule has 1 saturated heterocycles. The molecule has 2 aromatic rings. The normalized spacial score (nSPS) is 19.1. The van der Waals surface area contributed by atoms with E-state index in [2.05, 4.69) is 19.2 Å². The predicted molar refractivity (Wildman–Crippen MR) is 114 cm³/mol. The van der Waals surface area contributed by atoms with Gasteiger partial charge in [0.2, 0.25) is 0 Å². The van der Waals surface area contributed by atoms with Gasteiger partial charge in [-0.1, -0.05) is 68.4 Å². The number of esters is 1. The number of carbonyl (C=O) groups is 4. The number of benzene rings is 2. The first kappa shape index (κ1) is 22.2. The lowest BCUT2D eigenvalue weighted by Gasteiger charge is -2.21. The fourth-order valence-electron chi connectivity index (χ4n) is 3.45. The molecule has 1 N–H and O–H groups in total. The first-order valence-electron chi connectivity index (χ1n) is 10.2.